The zero-order valence-corrected chi connectivity index (χ0v) is 44.9. The minimum atomic E-state index is -0.0389. The Morgan fingerprint density at radius 1 is 0.282 bits per heavy atom. The highest BCUT2D eigenvalue weighted by atomic mass is 15.2. The van der Waals surface area contributed by atoms with Gasteiger partial charge in [-0.25, -0.2) is 0 Å². The number of aromatic nitrogens is 2. The second-order valence-corrected chi connectivity index (χ2v) is 23.3. The van der Waals surface area contributed by atoms with Crippen molar-refractivity contribution in [3.8, 4) is 22.3 Å². The van der Waals surface area contributed by atoms with Crippen LogP contribution in [0.1, 0.15) is 52.7 Å². The van der Waals surface area contributed by atoms with Crippen LogP contribution in [0.3, 0.4) is 0 Å². The van der Waals surface area contributed by atoms with Gasteiger partial charge in [0, 0.05) is 65.6 Å². The topological polar surface area (TPSA) is 15.3 Å². The molecule has 0 saturated heterocycles. The van der Waals surface area contributed by atoms with E-state index in [4.69, 9.17) is 0 Å². The summed E-state index contributed by atoms with van der Waals surface area (Å²) in [5.74, 6) is 0. The predicted octanol–water partition coefficient (Wildman–Crippen LogP) is 20.9. The highest BCUT2D eigenvalue weighted by molar-refractivity contribution is 6.32. The lowest BCUT2D eigenvalue weighted by Crippen LogP contribution is -2.15. The van der Waals surface area contributed by atoms with Crippen molar-refractivity contribution in [3.63, 3.8) is 0 Å². The van der Waals surface area contributed by atoms with Gasteiger partial charge >= 0.3 is 0 Å². The summed E-state index contributed by atoms with van der Waals surface area (Å²) in [6.07, 6.45) is 0. The van der Waals surface area contributed by atoms with E-state index in [9.17, 15) is 0 Å². The van der Waals surface area contributed by atoms with Gasteiger partial charge in [0.05, 0.1) is 55.8 Å². The molecule has 0 saturated carbocycles. The van der Waals surface area contributed by atoms with Crippen LogP contribution in [0, 0.1) is 0 Å². The number of nitrogens with zero attached hydrogens (tertiary/aromatic N) is 4. The standard InChI is InChI=1S/C74H58N4/c1-73(2,3)49-27-21-29-51(43-49)75(61-35-17-13-31-53(61)47-23-9-7-10-24-47)65-41-39-55-59-45-68-60(46-67(59)77-63-37-19-15-33-57(63)69(65)71(55)77)56-40-42-66(70-58-34-16-20-38-64(58)78(68)72(56)70)76(52-30-22-28-50(44-52)74(4,5)6)62-36-18-14-32-54(62)48-25-11-8-12-26-48/h7-46H,1-6H3. The quantitative estimate of drug-likeness (QED) is 0.151. The fourth-order valence-electron chi connectivity index (χ4n) is 12.9. The maximum absolute atomic E-state index is 2.56. The Morgan fingerprint density at radius 3 is 1.09 bits per heavy atom. The molecule has 78 heavy (non-hydrogen) atoms. The number of para-hydroxylation sites is 4. The molecule has 4 nitrogen and oxygen atoms in total. The lowest BCUT2D eigenvalue weighted by atomic mass is 9.86. The van der Waals surface area contributed by atoms with Crippen molar-refractivity contribution in [3.05, 3.63) is 254 Å². The van der Waals surface area contributed by atoms with E-state index < -0.39 is 0 Å². The molecule has 0 aliphatic carbocycles. The van der Waals surface area contributed by atoms with Crippen molar-refractivity contribution in [2.24, 2.45) is 0 Å². The Labute approximate surface area is 454 Å². The molecular weight excluding hydrogens is 945 g/mol. The van der Waals surface area contributed by atoms with Crippen LogP contribution in [-0.2, 0) is 10.8 Å². The molecule has 0 fully saturated rings. The first-order valence-corrected chi connectivity index (χ1v) is 27.4. The van der Waals surface area contributed by atoms with Gasteiger partial charge in [0.25, 0.3) is 0 Å². The smallest absolute Gasteiger partial charge is 0.0641 e. The molecule has 374 valence electrons. The van der Waals surface area contributed by atoms with E-state index in [2.05, 4.69) is 303 Å². The molecule has 11 aromatic carbocycles. The molecule has 0 atom stereocenters. The Kier molecular flexibility index (Phi) is 10.1. The molecule has 0 amide bonds. The molecule has 0 spiro atoms. The molecule has 0 aliphatic rings. The average molecular weight is 1000 g/mol. The van der Waals surface area contributed by atoms with Crippen LogP contribution in [0.15, 0.2) is 243 Å². The second-order valence-electron chi connectivity index (χ2n) is 23.3. The van der Waals surface area contributed by atoms with Crippen LogP contribution in [0.5, 0.6) is 0 Å². The lowest BCUT2D eigenvalue weighted by Gasteiger charge is -2.30. The summed E-state index contributed by atoms with van der Waals surface area (Å²) < 4.78 is 5.13. The molecule has 0 bridgehead atoms. The second kappa shape index (κ2) is 17.1. The van der Waals surface area contributed by atoms with Crippen LogP contribution in [0.25, 0.3) is 98.4 Å². The molecule has 4 heterocycles. The van der Waals surface area contributed by atoms with Crippen LogP contribution in [0.4, 0.5) is 34.1 Å². The molecule has 0 unspecified atom stereocenters. The highest BCUT2D eigenvalue weighted by Crippen LogP contribution is 2.53. The van der Waals surface area contributed by atoms with Crippen molar-refractivity contribution in [2.45, 2.75) is 52.4 Å². The summed E-state index contributed by atoms with van der Waals surface area (Å²) in [7, 11) is 0. The Bertz CT molecular complexity index is 4510. The van der Waals surface area contributed by atoms with Crippen LogP contribution >= 0.6 is 0 Å². The summed E-state index contributed by atoms with van der Waals surface area (Å²) in [4.78, 5) is 5.04. The minimum absolute atomic E-state index is 0.0389. The number of rotatable bonds is 8. The van der Waals surface area contributed by atoms with Crippen molar-refractivity contribution in [1.82, 2.24) is 8.80 Å². The van der Waals surface area contributed by atoms with Gasteiger partial charge in [-0.15, -0.1) is 0 Å². The summed E-state index contributed by atoms with van der Waals surface area (Å²) in [6, 6.07) is 90.5. The van der Waals surface area contributed by atoms with Crippen LogP contribution in [-0.4, -0.2) is 8.80 Å². The van der Waals surface area contributed by atoms with Crippen molar-refractivity contribution >= 4 is 110 Å². The SMILES string of the molecule is CC(C)(C)c1cccc(N(c2ccccc2-c2ccccc2)c2ccc3c4cc5c(cc4n4c6ccccc6c2c34)c2ccc(N(c3cccc(C(C)(C)C)c3)c3ccccc3-c3ccccc3)c3c4ccccc4n5c23)c1. The fourth-order valence-corrected chi connectivity index (χ4v) is 12.9. The van der Waals surface area contributed by atoms with Gasteiger partial charge in [0.2, 0.25) is 0 Å². The van der Waals surface area contributed by atoms with E-state index in [0.717, 1.165) is 34.1 Å². The average Bonchev–Trinajstić information content (AvgIpc) is 2.56. The summed E-state index contributed by atoms with van der Waals surface area (Å²) in [5.41, 5.74) is 21.4. The third-order valence-electron chi connectivity index (χ3n) is 16.6. The zero-order valence-electron chi connectivity index (χ0n) is 44.9. The number of anilines is 6. The minimum Gasteiger partial charge on any atom is -0.309 e. The van der Waals surface area contributed by atoms with Gasteiger partial charge in [0.1, 0.15) is 0 Å². The molecule has 15 aromatic rings. The van der Waals surface area contributed by atoms with Gasteiger partial charge in [-0.2, -0.15) is 0 Å². The molecule has 0 aliphatic heterocycles. The Morgan fingerprint density at radius 2 is 0.667 bits per heavy atom. The van der Waals surface area contributed by atoms with Crippen molar-refractivity contribution < 1.29 is 0 Å². The van der Waals surface area contributed by atoms with Crippen molar-refractivity contribution in [1.29, 1.82) is 0 Å². The predicted molar refractivity (Wildman–Crippen MR) is 333 cm³/mol. The molecule has 4 aromatic heterocycles. The molecule has 0 radical (unpaired) electrons. The van der Waals surface area contributed by atoms with Gasteiger partial charge in [-0.1, -0.05) is 211 Å². The normalized spacial score (nSPS) is 12.5. The number of hydrogen-bond donors (Lipinski definition) is 0. The number of hydrogen-bond acceptors (Lipinski definition) is 2. The van der Waals surface area contributed by atoms with E-state index in [-0.39, 0.29) is 10.8 Å². The van der Waals surface area contributed by atoms with E-state index in [0.29, 0.717) is 0 Å². The van der Waals surface area contributed by atoms with E-state index in [1.54, 1.807) is 0 Å². The van der Waals surface area contributed by atoms with E-state index >= 15 is 0 Å². The molecular formula is C74H58N4. The van der Waals surface area contributed by atoms with E-state index in [1.165, 1.54) is 110 Å². The van der Waals surface area contributed by atoms with Gasteiger partial charge in [-0.05, 0) is 106 Å². The summed E-state index contributed by atoms with van der Waals surface area (Å²) in [6.45, 7) is 13.8. The first-order valence-electron chi connectivity index (χ1n) is 27.4. The first kappa shape index (κ1) is 46.0. The Balaban J connectivity index is 1.01. The number of fused-ring (bicyclic) bond motifs is 12. The third kappa shape index (κ3) is 6.85. The van der Waals surface area contributed by atoms with Crippen LogP contribution < -0.4 is 9.80 Å². The summed E-state index contributed by atoms with van der Waals surface area (Å²) >= 11 is 0. The third-order valence-corrected chi connectivity index (χ3v) is 16.6. The maximum atomic E-state index is 2.56. The zero-order chi connectivity index (χ0) is 52.6. The largest absolute Gasteiger partial charge is 0.309 e. The van der Waals surface area contributed by atoms with Gasteiger partial charge < -0.3 is 18.6 Å². The molecule has 4 heteroatoms. The van der Waals surface area contributed by atoms with Gasteiger partial charge in [-0.3, -0.25) is 0 Å². The van der Waals surface area contributed by atoms with Gasteiger partial charge in [0.15, 0.2) is 0 Å². The monoisotopic (exact) mass is 1000 g/mol. The summed E-state index contributed by atoms with van der Waals surface area (Å²) in [5, 5.41) is 9.94. The maximum Gasteiger partial charge on any atom is 0.0641 e. The lowest BCUT2D eigenvalue weighted by molar-refractivity contribution is 0.590. The van der Waals surface area contributed by atoms with E-state index in [1.807, 2.05) is 0 Å². The first-order chi connectivity index (χ1) is 38.0. The van der Waals surface area contributed by atoms with Crippen LogP contribution in [0.2, 0.25) is 0 Å². The van der Waals surface area contributed by atoms with Crippen molar-refractivity contribution in [2.75, 3.05) is 9.80 Å². The molecule has 0 N–H and O–H groups in total. The molecule has 15 rings (SSSR count). The number of benzene rings is 11. The highest BCUT2D eigenvalue weighted by Gasteiger charge is 2.30. The Hall–Kier alpha value is -9.38. The fraction of sp³-hybridized carbons (Fsp3) is 0.108.